The van der Waals surface area contributed by atoms with Crippen molar-refractivity contribution in [2.45, 2.75) is 52.2 Å². The van der Waals surface area contributed by atoms with Gasteiger partial charge in [-0.2, -0.15) is 0 Å². The molecule has 1 aliphatic heterocycles. The molecule has 0 aromatic heterocycles. The Morgan fingerprint density at radius 2 is 1.93 bits per heavy atom. The minimum absolute atomic E-state index is 0.00509. The first kappa shape index (κ1) is 21.1. The Balaban J connectivity index is 1.62. The van der Waals surface area contributed by atoms with Gasteiger partial charge in [-0.05, 0) is 43.0 Å². The van der Waals surface area contributed by atoms with Crippen molar-refractivity contribution in [3.05, 3.63) is 65.2 Å². The van der Waals surface area contributed by atoms with E-state index in [1.165, 1.54) is 5.56 Å². The molecule has 0 radical (unpaired) electrons. The molecule has 2 aromatic carbocycles. The van der Waals surface area contributed by atoms with Crippen molar-refractivity contribution in [1.82, 2.24) is 5.32 Å². The van der Waals surface area contributed by atoms with Crippen LogP contribution < -0.4 is 10.2 Å². The highest BCUT2D eigenvalue weighted by Gasteiger charge is 2.17. The van der Waals surface area contributed by atoms with E-state index in [9.17, 15) is 9.59 Å². The Morgan fingerprint density at radius 3 is 2.59 bits per heavy atom. The smallest absolute Gasteiger partial charge is 0.227 e. The highest BCUT2D eigenvalue weighted by Crippen LogP contribution is 2.20. The first-order valence-electron chi connectivity index (χ1n) is 10.4. The Bertz CT molecular complexity index is 826. The predicted molar refractivity (Wildman–Crippen MR) is 115 cm³/mol. The summed E-state index contributed by atoms with van der Waals surface area (Å²) in [6, 6.07) is 15.9. The van der Waals surface area contributed by atoms with Gasteiger partial charge in [0, 0.05) is 25.3 Å². The largest absolute Gasteiger partial charge is 0.376 e. The van der Waals surface area contributed by atoms with Gasteiger partial charge in [0.1, 0.15) is 0 Å². The molecule has 1 heterocycles. The Hall–Kier alpha value is -2.66. The molecule has 0 spiro atoms. The normalized spacial score (nSPS) is 15.9. The first-order chi connectivity index (χ1) is 14.0. The van der Waals surface area contributed by atoms with E-state index in [4.69, 9.17) is 4.74 Å². The second-order valence-electron chi connectivity index (χ2n) is 7.60. The molecule has 2 aromatic rings. The van der Waals surface area contributed by atoms with E-state index in [0.717, 1.165) is 36.3 Å². The summed E-state index contributed by atoms with van der Waals surface area (Å²) in [6.45, 7) is 5.83. The topological polar surface area (TPSA) is 58.6 Å². The summed E-state index contributed by atoms with van der Waals surface area (Å²) in [5, 5.41) is 2.95. The third-order valence-corrected chi connectivity index (χ3v) is 5.19. The van der Waals surface area contributed by atoms with Crippen LogP contribution in [0.4, 0.5) is 5.69 Å². The Labute approximate surface area is 173 Å². The van der Waals surface area contributed by atoms with E-state index < -0.39 is 0 Å². The lowest BCUT2D eigenvalue weighted by molar-refractivity contribution is -0.121. The summed E-state index contributed by atoms with van der Waals surface area (Å²) in [5.74, 6) is 0.0723. The summed E-state index contributed by atoms with van der Waals surface area (Å²) >= 11 is 0. The quantitative estimate of drug-likeness (QED) is 0.741. The zero-order chi connectivity index (χ0) is 20.6. The van der Waals surface area contributed by atoms with Crippen molar-refractivity contribution >= 4 is 17.5 Å². The van der Waals surface area contributed by atoms with Crippen LogP contribution in [0.5, 0.6) is 0 Å². The van der Waals surface area contributed by atoms with E-state index in [1.807, 2.05) is 56.3 Å². The van der Waals surface area contributed by atoms with Gasteiger partial charge >= 0.3 is 0 Å². The fraction of sp³-hybridized carbons (Fsp3) is 0.417. The monoisotopic (exact) mass is 394 g/mol. The summed E-state index contributed by atoms with van der Waals surface area (Å²) in [7, 11) is 0. The van der Waals surface area contributed by atoms with E-state index in [-0.39, 0.29) is 17.9 Å². The third-order valence-electron chi connectivity index (χ3n) is 5.19. The van der Waals surface area contributed by atoms with Gasteiger partial charge < -0.3 is 15.0 Å². The lowest BCUT2D eigenvalue weighted by atomic mass is 10.1. The van der Waals surface area contributed by atoms with Crippen LogP contribution in [-0.4, -0.2) is 31.1 Å². The van der Waals surface area contributed by atoms with Gasteiger partial charge in [-0.1, -0.05) is 48.9 Å². The van der Waals surface area contributed by atoms with Gasteiger partial charge in [0.15, 0.2) is 0 Å². The summed E-state index contributed by atoms with van der Waals surface area (Å²) < 4.78 is 5.53. The van der Waals surface area contributed by atoms with Crippen molar-refractivity contribution in [3.63, 3.8) is 0 Å². The van der Waals surface area contributed by atoms with E-state index in [2.05, 4.69) is 11.4 Å². The number of carbonyl (C=O) groups excluding carboxylic acids is 2. The molecule has 0 saturated carbocycles. The number of hydrogen-bond donors (Lipinski definition) is 1. The molecule has 2 amide bonds. The molecule has 3 rings (SSSR count). The molecular formula is C24H30N2O3. The van der Waals surface area contributed by atoms with E-state index in [0.29, 0.717) is 25.9 Å². The number of benzene rings is 2. The molecule has 1 fully saturated rings. The Morgan fingerprint density at radius 1 is 1.14 bits per heavy atom. The van der Waals surface area contributed by atoms with Crippen LogP contribution in [0.3, 0.4) is 0 Å². The molecule has 0 aliphatic carbocycles. The second kappa shape index (κ2) is 10.2. The van der Waals surface area contributed by atoms with Crippen LogP contribution in [0, 0.1) is 6.92 Å². The number of rotatable bonds is 8. The van der Waals surface area contributed by atoms with Crippen LogP contribution in [0.25, 0.3) is 0 Å². The lowest BCUT2D eigenvalue weighted by Crippen LogP contribution is -2.32. The highest BCUT2D eigenvalue weighted by atomic mass is 16.5. The van der Waals surface area contributed by atoms with Crippen LogP contribution in [0.2, 0.25) is 0 Å². The number of nitrogens with zero attached hydrogens (tertiary/aromatic N) is 1. The maximum atomic E-state index is 12.5. The van der Waals surface area contributed by atoms with Crippen LogP contribution in [-0.2, 0) is 27.3 Å². The predicted octanol–water partition coefficient (Wildman–Crippen LogP) is 3.78. The molecule has 1 N–H and O–H groups in total. The maximum Gasteiger partial charge on any atom is 0.227 e. The van der Waals surface area contributed by atoms with Gasteiger partial charge in [0.05, 0.1) is 19.1 Å². The van der Waals surface area contributed by atoms with Crippen molar-refractivity contribution in [1.29, 1.82) is 0 Å². The molecule has 29 heavy (non-hydrogen) atoms. The van der Waals surface area contributed by atoms with E-state index in [1.54, 1.807) is 4.90 Å². The second-order valence-corrected chi connectivity index (χ2v) is 7.60. The number of ether oxygens (including phenoxy) is 1. The van der Waals surface area contributed by atoms with Crippen molar-refractivity contribution in [2.24, 2.45) is 0 Å². The van der Waals surface area contributed by atoms with Crippen molar-refractivity contribution in [3.8, 4) is 0 Å². The number of hydrogen-bond acceptors (Lipinski definition) is 3. The summed E-state index contributed by atoms with van der Waals surface area (Å²) in [5.41, 5.74) is 4.06. The minimum atomic E-state index is -0.00509. The summed E-state index contributed by atoms with van der Waals surface area (Å²) in [4.78, 5) is 26.5. The van der Waals surface area contributed by atoms with Crippen LogP contribution >= 0.6 is 0 Å². The van der Waals surface area contributed by atoms with Gasteiger partial charge in [-0.25, -0.2) is 0 Å². The highest BCUT2D eigenvalue weighted by molar-refractivity contribution is 5.93. The molecular weight excluding hydrogens is 364 g/mol. The van der Waals surface area contributed by atoms with Gasteiger partial charge in [0.2, 0.25) is 11.8 Å². The average Bonchev–Trinajstić information content (AvgIpc) is 3.24. The minimum Gasteiger partial charge on any atom is -0.376 e. The fourth-order valence-corrected chi connectivity index (χ4v) is 3.58. The fourth-order valence-electron chi connectivity index (χ4n) is 3.58. The average molecular weight is 395 g/mol. The van der Waals surface area contributed by atoms with E-state index >= 15 is 0 Å². The zero-order valence-corrected chi connectivity index (χ0v) is 17.3. The SMILES string of the molecule is CCC(=O)N(Cc1cccc(C)c1)c1ccc(CC(=O)NC[C@H]2CCCO2)cc1. The molecule has 5 nitrogen and oxygen atoms in total. The first-order valence-corrected chi connectivity index (χ1v) is 10.4. The Kier molecular flexibility index (Phi) is 7.42. The number of nitrogens with one attached hydrogen (secondary N) is 1. The molecule has 1 atom stereocenters. The van der Waals surface area contributed by atoms with Gasteiger partial charge in [0.25, 0.3) is 0 Å². The molecule has 1 aliphatic rings. The maximum absolute atomic E-state index is 12.5. The zero-order valence-electron chi connectivity index (χ0n) is 17.3. The molecule has 1 saturated heterocycles. The number of carbonyl (C=O) groups is 2. The molecule has 0 bridgehead atoms. The van der Waals surface area contributed by atoms with Gasteiger partial charge in [-0.15, -0.1) is 0 Å². The molecule has 5 heteroatoms. The van der Waals surface area contributed by atoms with Crippen LogP contribution in [0.15, 0.2) is 48.5 Å². The number of anilines is 1. The molecule has 0 unspecified atom stereocenters. The standard InChI is InChI=1S/C24H30N2O3/c1-3-24(28)26(17-20-7-4-6-18(2)14-20)21-11-9-19(10-12-21)15-23(27)25-16-22-8-5-13-29-22/h4,6-7,9-12,14,22H,3,5,8,13,15-17H2,1-2H3,(H,25,27)/t22-/m1/s1. The summed E-state index contributed by atoms with van der Waals surface area (Å²) in [6.07, 6.45) is 3.00. The number of aryl methyl sites for hydroxylation is 1. The van der Waals surface area contributed by atoms with Crippen LogP contribution in [0.1, 0.15) is 42.9 Å². The van der Waals surface area contributed by atoms with Crippen molar-refractivity contribution in [2.75, 3.05) is 18.1 Å². The third kappa shape index (κ3) is 6.16. The lowest BCUT2D eigenvalue weighted by Gasteiger charge is -2.23. The number of amides is 2. The molecule has 154 valence electrons. The van der Waals surface area contributed by atoms with Crippen molar-refractivity contribution < 1.29 is 14.3 Å². The van der Waals surface area contributed by atoms with Gasteiger partial charge in [-0.3, -0.25) is 9.59 Å².